The molecule has 7 fully saturated rings. The van der Waals surface area contributed by atoms with E-state index in [0.29, 0.717) is 12.8 Å². The second-order valence-electron chi connectivity index (χ2n) is 8.83. The summed E-state index contributed by atoms with van der Waals surface area (Å²) in [6.07, 6.45) is -0.142. The van der Waals surface area contributed by atoms with Crippen molar-refractivity contribution in [3.63, 3.8) is 0 Å². The van der Waals surface area contributed by atoms with E-state index in [4.69, 9.17) is 0 Å². The number of carbonyl (C=O) groups is 4. The number of piperazine rings is 1. The molecule has 0 aromatic carbocycles. The van der Waals surface area contributed by atoms with Gasteiger partial charge in [-0.15, -0.1) is 0 Å². The van der Waals surface area contributed by atoms with Crippen LogP contribution in [0, 0.1) is 11.8 Å². The molecule has 8 atom stereocenters. The third-order valence-corrected chi connectivity index (χ3v) is 11.2. The molecule has 2 aliphatic carbocycles. The number of Topliss-reactive ketones (excluding diaryl/α,β-unsaturated/α-hetero) is 2. The van der Waals surface area contributed by atoms with E-state index >= 15 is 0 Å². The van der Waals surface area contributed by atoms with E-state index in [1.165, 1.54) is 31.4 Å². The van der Waals surface area contributed by atoms with Crippen LogP contribution in [-0.2, 0) is 19.2 Å². The predicted molar refractivity (Wildman–Crippen MR) is 98.6 cm³/mol. The summed E-state index contributed by atoms with van der Waals surface area (Å²) in [7, 11) is 2.60. The van der Waals surface area contributed by atoms with E-state index < -0.39 is 45.9 Å². The number of rotatable bonds is 0. The molecule has 4 unspecified atom stereocenters. The third-order valence-electron chi connectivity index (χ3n) is 7.60. The highest BCUT2D eigenvalue weighted by Gasteiger charge is 2.79. The molecular formula is C18H20N2O6S2. The topological polar surface area (TPSA) is 115 Å². The highest BCUT2D eigenvalue weighted by Crippen LogP contribution is 2.69. The van der Waals surface area contributed by atoms with Crippen molar-refractivity contribution in [1.29, 1.82) is 0 Å². The summed E-state index contributed by atoms with van der Waals surface area (Å²) in [5, 5.41) is 21.2. The molecule has 5 heterocycles. The van der Waals surface area contributed by atoms with Crippen molar-refractivity contribution in [3.8, 4) is 0 Å². The summed E-state index contributed by atoms with van der Waals surface area (Å²) in [6.45, 7) is 0. The molecule has 28 heavy (non-hydrogen) atoms. The molecule has 2 saturated carbocycles. The van der Waals surface area contributed by atoms with Gasteiger partial charge in [0.05, 0.1) is 24.3 Å². The standard InChI is InChI=1S/C18H20N2O6S2/c21-9-1-3-11(23)13-7(9)5-17-15(25)20-14-8(10(22)2-4-12(14)24)6-18(20,28-27-17)16(26)19(13)17/h7-8,11-14,23-24H,1-6H2/t7?,8?,11-,12-,13-,14-,17?,18?/m0/s1. The SMILES string of the molecule is O=C1CC[C@H](O)[C@@H]2C1CC13SSC4(CC5C(=O)CC[C@H](O)[C@H]5N4C1=O)C(=O)N23. The number of hydrogen-bond donors (Lipinski definition) is 2. The first-order valence-electron chi connectivity index (χ1n) is 9.78. The summed E-state index contributed by atoms with van der Waals surface area (Å²) in [5.41, 5.74) is 0. The number of fused-ring (bicyclic) bond motifs is 3. The quantitative estimate of drug-likeness (QED) is 0.508. The van der Waals surface area contributed by atoms with Gasteiger partial charge < -0.3 is 20.0 Å². The van der Waals surface area contributed by atoms with Crippen molar-refractivity contribution in [2.75, 3.05) is 0 Å². The molecule has 0 radical (unpaired) electrons. The van der Waals surface area contributed by atoms with E-state index in [9.17, 15) is 29.4 Å². The normalized spacial score (nSPS) is 51.9. The summed E-state index contributed by atoms with van der Waals surface area (Å²) in [5.74, 6) is -1.64. The Hall–Kier alpha value is -1.10. The minimum absolute atomic E-state index is 0.00265. The Labute approximate surface area is 168 Å². The number of carbonyl (C=O) groups excluding carboxylic acids is 4. The number of nitrogens with zero attached hydrogens (tertiary/aromatic N) is 2. The van der Waals surface area contributed by atoms with Gasteiger partial charge in [-0.1, -0.05) is 21.6 Å². The molecule has 2 amide bonds. The number of amides is 2. The van der Waals surface area contributed by atoms with E-state index in [1.807, 2.05) is 0 Å². The zero-order valence-corrected chi connectivity index (χ0v) is 16.6. The monoisotopic (exact) mass is 424 g/mol. The van der Waals surface area contributed by atoms with Crippen LogP contribution < -0.4 is 0 Å². The molecule has 7 rings (SSSR count). The zero-order chi connectivity index (χ0) is 19.6. The molecule has 2 bridgehead atoms. The summed E-state index contributed by atoms with van der Waals surface area (Å²) in [6, 6.07) is -1.35. The van der Waals surface area contributed by atoms with Gasteiger partial charge >= 0.3 is 0 Å². The highest BCUT2D eigenvalue weighted by atomic mass is 33.1. The fourth-order valence-electron chi connectivity index (χ4n) is 6.37. The molecule has 7 aliphatic rings. The van der Waals surface area contributed by atoms with Crippen molar-refractivity contribution >= 4 is 45.0 Å². The second kappa shape index (κ2) is 5.33. The largest absolute Gasteiger partial charge is 0.391 e. The Bertz CT molecular complexity index is 784. The number of aliphatic hydroxyl groups is 2. The Morgan fingerprint density at radius 1 is 0.750 bits per heavy atom. The lowest BCUT2D eigenvalue weighted by Gasteiger charge is -2.59. The molecule has 0 aromatic heterocycles. The van der Waals surface area contributed by atoms with Crippen LogP contribution in [-0.4, -0.2) is 77.4 Å². The van der Waals surface area contributed by atoms with Crippen molar-refractivity contribution in [1.82, 2.24) is 9.80 Å². The minimum Gasteiger partial charge on any atom is -0.391 e. The van der Waals surface area contributed by atoms with Gasteiger partial charge in [-0.25, -0.2) is 0 Å². The number of aliphatic hydroxyl groups excluding tert-OH is 2. The van der Waals surface area contributed by atoms with Crippen LogP contribution in [0.15, 0.2) is 0 Å². The average Bonchev–Trinajstić information content (AvgIpc) is 3.22. The molecule has 2 N–H and O–H groups in total. The summed E-state index contributed by atoms with van der Waals surface area (Å²) >= 11 is 0. The van der Waals surface area contributed by atoms with Crippen molar-refractivity contribution in [2.45, 2.75) is 72.6 Å². The molecule has 5 aliphatic heterocycles. The summed E-state index contributed by atoms with van der Waals surface area (Å²) in [4.78, 5) is 53.1. The third kappa shape index (κ3) is 1.76. The average molecular weight is 425 g/mol. The Morgan fingerprint density at radius 2 is 1.14 bits per heavy atom. The van der Waals surface area contributed by atoms with Gasteiger partial charge in [-0.2, -0.15) is 0 Å². The van der Waals surface area contributed by atoms with Crippen LogP contribution in [0.1, 0.15) is 38.5 Å². The smallest absolute Gasteiger partial charge is 0.261 e. The molecule has 2 spiro atoms. The summed E-state index contributed by atoms with van der Waals surface area (Å²) < 4.78 is 0. The maximum absolute atomic E-state index is 13.8. The lowest BCUT2D eigenvalue weighted by atomic mass is 9.80. The van der Waals surface area contributed by atoms with Crippen molar-refractivity contribution < 1.29 is 29.4 Å². The Kier molecular flexibility index (Phi) is 3.37. The molecular weight excluding hydrogens is 404 g/mol. The van der Waals surface area contributed by atoms with Gasteiger partial charge in [0, 0.05) is 37.5 Å². The van der Waals surface area contributed by atoms with Crippen LogP contribution in [0.4, 0.5) is 0 Å². The molecule has 10 heteroatoms. The van der Waals surface area contributed by atoms with Gasteiger partial charge in [0.25, 0.3) is 11.8 Å². The lowest BCUT2D eigenvalue weighted by molar-refractivity contribution is -0.171. The predicted octanol–water partition coefficient (Wildman–Crippen LogP) is -0.331. The van der Waals surface area contributed by atoms with Gasteiger partial charge in [0.2, 0.25) is 0 Å². The lowest BCUT2D eigenvalue weighted by Crippen LogP contribution is -2.77. The Morgan fingerprint density at radius 3 is 1.54 bits per heavy atom. The van der Waals surface area contributed by atoms with Crippen molar-refractivity contribution in [2.24, 2.45) is 11.8 Å². The molecule has 0 aromatic rings. The Balaban J connectivity index is 1.50. The first-order valence-corrected chi connectivity index (χ1v) is 11.9. The second-order valence-corrected chi connectivity index (χ2v) is 11.5. The van der Waals surface area contributed by atoms with Crippen LogP contribution in [0.25, 0.3) is 0 Å². The van der Waals surface area contributed by atoms with Gasteiger partial charge in [-0.05, 0) is 12.8 Å². The first-order chi connectivity index (χ1) is 13.3. The van der Waals surface area contributed by atoms with Gasteiger partial charge in [-0.3, -0.25) is 19.2 Å². The fourth-order valence-corrected chi connectivity index (χ4v) is 10.2. The van der Waals surface area contributed by atoms with Crippen molar-refractivity contribution in [3.05, 3.63) is 0 Å². The van der Waals surface area contributed by atoms with E-state index in [2.05, 4.69) is 0 Å². The minimum atomic E-state index is -1.23. The molecule has 150 valence electrons. The molecule has 8 nitrogen and oxygen atoms in total. The maximum atomic E-state index is 13.8. The van der Waals surface area contributed by atoms with E-state index in [0.717, 1.165) is 0 Å². The highest BCUT2D eigenvalue weighted by molar-refractivity contribution is 8.78. The van der Waals surface area contributed by atoms with Gasteiger partial charge in [0.1, 0.15) is 11.6 Å². The maximum Gasteiger partial charge on any atom is 0.261 e. The van der Waals surface area contributed by atoms with Crippen LogP contribution in [0.2, 0.25) is 0 Å². The van der Waals surface area contributed by atoms with Gasteiger partial charge in [0.15, 0.2) is 9.74 Å². The van der Waals surface area contributed by atoms with E-state index in [1.54, 1.807) is 0 Å². The molecule has 5 saturated heterocycles. The first kappa shape index (κ1) is 17.7. The van der Waals surface area contributed by atoms with Crippen LogP contribution in [0.3, 0.4) is 0 Å². The van der Waals surface area contributed by atoms with E-state index in [-0.39, 0.29) is 49.1 Å². The number of ketones is 2. The zero-order valence-electron chi connectivity index (χ0n) is 14.9. The fraction of sp³-hybridized carbons (Fsp3) is 0.778. The van der Waals surface area contributed by atoms with Crippen LogP contribution >= 0.6 is 21.6 Å². The number of hydrogen-bond acceptors (Lipinski definition) is 8. The van der Waals surface area contributed by atoms with Crippen LogP contribution in [0.5, 0.6) is 0 Å².